The van der Waals surface area contributed by atoms with Gasteiger partial charge in [-0.15, -0.1) is 0 Å². The van der Waals surface area contributed by atoms with E-state index < -0.39 is 0 Å². The summed E-state index contributed by atoms with van der Waals surface area (Å²) in [5.41, 5.74) is 2.01. The van der Waals surface area contributed by atoms with Gasteiger partial charge in [0, 0.05) is 31.1 Å². The number of carbonyl (C=O) groups is 4. The highest BCUT2D eigenvalue weighted by Gasteiger charge is 2.23. The Hall–Kier alpha value is -3.28. The third-order valence-electron chi connectivity index (χ3n) is 6.05. The van der Waals surface area contributed by atoms with E-state index in [1.165, 1.54) is 0 Å². The molecule has 0 saturated heterocycles. The van der Waals surface area contributed by atoms with Gasteiger partial charge in [0.05, 0.1) is 13.2 Å². The van der Waals surface area contributed by atoms with Crippen molar-refractivity contribution in [2.45, 2.75) is 71.6 Å². The lowest BCUT2D eigenvalue weighted by molar-refractivity contribution is -0.136. The number of hydrogen-bond acceptors (Lipinski definition) is 6. The van der Waals surface area contributed by atoms with Crippen molar-refractivity contribution >= 4 is 23.1 Å². The second-order valence-corrected chi connectivity index (χ2v) is 8.98. The molecule has 0 aliphatic carbocycles. The Bertz CT molecular complexity index is 921. The number of hydrogen-bond donors (Lipinski definition) is 0. The highest BCUT2D eigenvalue weighted by Crippen LogP contribution is 2.33. The first-order valence-corrected chi connectivity index (χ1v) is 12.3. The third kappa shape index (κ3) is 8.46. The SMILES string of the molecule is CCC(=O)C(=O)CCCOc1ccc(C(C)(C)c2ccc(OCCCC(=O)C(=O)CC)cc2)cc1. The average Bonchev–Trinajstić information content (AvgIpc) is 2.88. The van der Waals surface area contributed by atoms with Crippen LogP contribution in [0.1, 0.15) is 77.3 Å². The van der Waals surface area contributed by atoms with Gasteiger partial charge in [0.2, 0.25) is 0 Å². The van der Waals surface area contributed by atoms with E-state index >= 15 is 0 Å². The highest BCUT2D eigenvalue weighted by molar-refractivity contribution is 6.37. The standard InChI is InChI=1S/C29H36O6/c1-5-25(30)27(32)9-7-19-34-23-15-11-21(12-16-23)29(3,4)22-13-17-24(18-14-22)35-20-8-10-28(33)26(31)6-2/h11-18H,5-10,19-20H2,1-4H3. The lowest BCUT2D eigenvalue weighted by atomic mass is 9.78. The maximum Gasteiger partial charge on any atom is 0.198 e. The summed E-state index contributed by atoms with van der Waals surface area (Å²) in [7, 11) is 0. The van der Waals surface area contributed by atoms with Crippen molar-refractivity contribution in [3.63, 3.8) is 0 Å². The van der Waals surface area contributed by atoms with Gasteiger partial charge >= 0.3 is 0 Å². The summed E-state index contributed by atoms with van der Waals surface area (Å²) in [5, 5.41) is 0. The number of carbonyl (C=O) groups excluding carboxylic acids is 4. The van der Waals surface area contributed by atoms with Crippen molar-refractivity contribution in [2.75, 3.05) is 13.2 Å². The molecule has 0 radical (unpaired) electrons. The summed E-state index contributed by atoms with van der Waals surface area (Å²) in [6, 6.07) is 15.8. The van der Waals surface area contributed by atoms with Crippen LogP contribution in [-0.4, -0.2) is 36.3 Å². The second-order valence-electron chi connectivity index (χ2n) is 8.98. The lowest BCUT2D eigenvalue weighted by Gasteiger charge is -2.26. The van der Waals surface area contributed by atoms with Gasteiger partial charge in [-0.1, -0.05) is 52.0 Å². The van der Waals surface area contributed by atoms with E-state index in [4.69, 9.17) is 9.47 Å². The first-order valence-electron chi connectivity index (χ1n) is 12.3. The maximum absolute atomic E-state index is 11.6. The molecular weight excluding hydrogens is 444 g/mol. The zero-order valence-electron chi connectivity index (χ0n) is 21.2. The Morgan fingerprint density at radius 1 is 0.600 bits per heavy atom. The molecule has 0 N–H and O–H groups in total. The van der Waals surface area contributed by atoms with Gasteiger partial charge in [-0.25, -0.2) is 0 Å². The van der Waals surface area contributed by atoms with Crippen molar-refractivity contribution in [3.05, 3.63) is 59.7 Å². The molecule has 0 aromatic heterocycles. The summed E-state index contributed by atoms with van der Waals surface area (Å²) in [6.45, 7) is 8.43. The molecule has 0 atom stereocenters. The Kier molecular flexibility index (Phi) is 10.8. The number of Topliss-reactive ketones (excluding diaryl/α,β-unsaturated/α-hetero) is 4. The Morgan fingerprint density at radius 2 is 0.943 bits per heavy atom. The van der Waals surface area contributed by atoms with Crippen LogP contribution < -0.4 is 9.47 Å². The van der Waals surface area contributed by atoms with E-state index in [0.29, 0.717) is 26.1 Å². The van der Waals surface area contributed by atoms with E-state index in [0.717, 1.165) is 22.6 Å². The minimum Gasteiger partial charge on any atom is -0.494 e. The zero-order chi connectivity index (χ0) is 25.8. The summed E-state index contributed by atoms with van der Waals surface area (Å²) >= 11 is 0. The summed E-state index contributed by atoms with van der Waals surface area (Å²) in [5.74, 6) is 0.135. The molecule has 0 heterocycles. The molecule has 188 valence electrons. The third-order valence-corrected chi connectivity index (χ3v) is 6.05. The van der Waals surface area contributed by atoms with Crippen LogP contribution in [0.25, 0.3) is 0 Å². The number of ether oxygens (including phenoxy) is 2. The molecule has 6 nitrogen and oxygen atoms in total. The van der Waals surface area contributed by atoms with Crippen LogP contribution in [0, 0.1) is 0 Å². The highest BCUT2D eigenvalue weighted by atomic mass is 16.5. The molecule has 0 aliphatic heterocycles. The first-order chi connectivity index (χ1) is 16.7. The largest absolute Gasteiger partial charge is 0.494 e. The molecule has 35 heavy (non-hydrogen) atoms. The fourth-order valence-corrected chi connectivity index (χ4v) is 3.62. The average molecular weight is 481 g/mol. The fraction of sp³-hybridized carbons (Fsp3) is 0.448. The van der Waals surface area contributed by atoms with Crippen molar-refractivity contribution in [1.82, 2.24) is 0 Å². The quantitative estimate of drug-likeness (QED) is 0.235. The number of rotatable bonds is 16. The van der Waals surface area contributed by atoms with Crippen LogP contribution >= 0.6 is 0 Å². The summed E-state index contributed by atoms with van der Waals surface area (Å²) in [4.78, 5) is 45.8. The van der Waals surface area contributed by atoms with Gasteiger partial charge in [0.15, 0.2) is 23.1 Å². The minimum absolute atomic E-state index is 0.216. The predicted octanol–water partition coefficient (Wildman–Crippen LogP) is 5.43. The molecule has 2 aromatic carbocycles. The molecule has 0 fully saturated rings. The van der Waals surface area contributed by atoms with Gasteiger partial charge in [-0.05, 0) is 48.2 Å². The van der Waals surface area contributed by atoms with Crippen LogP contribution in [0.15, 0.2) is 48.5 Å². The molecule has 0 spiro atoms. The van der Waals surface area contributed by atoms with Crippen LogP contribution in [0.3, 0.4) is 0 Å². The van der Waals surface area contributed by atoms with Gasteiger partial charge in [0.1, 0.15) is 11.5 Å². The van der Waals surface area contributed by atoms with E-state index in [2.05, 4.69) is 13.8 Å². The maximum atomic E-state index is 11.6. The molecular formula is C29H36O6. The number of benzene rings is 2. The molecule has 2 rings (SSSR count). The number of ketones is 4. The molecule has 0 saturated carbocycles. The monoisotopic (exact) mass is 480 g/mol. The smallest absolute Gasteiger partial charge is 0.198 e. The fourth-order valence-electron chi connectivity index (χ4n) is 3.62. The van der Waals surface area contributed by atoms with Crippen LogP contribution in [0.4, 0.5) is 0 Å². The van der Waals surface area contributed by atoms with Gasteiger partial charge < -0.3 is 9.47 Å². The molecule has 0 bridgehead atoms. The normalized spacial score (nSPS) is 11.1. The molecule has 6 heteroatoms. The van der Waals surface area contributed by atoms with Crippen molar-refractivity contribution in [2.24, 2.45) is 0 Å². The molecule has 0 aliphatic rings. The van der Waals surface area contributed by atoms with Gasteiger partial charge in [-0.2, -0.15) is 0 Å². The van der Waals surface area contributed by atoms with Gasteiger partial charge in [-0.3, -0.25) is 19.2 Å². The summed E-state index contributed by atoms with van der Waals surface area (Å²) in [6.07, 6.45) is 1.95. The zero-order valence-corrected chi connectivity index (χ0v) is 21.2. The van der Waals surface area contributed by atoms with Gasteiger partial charge in [0.25, 0.3) is 0 Å². The van der Waals surface area contributed by atoms with E-state index in [1.807, 2.05) is 48.5 Å². The molecule has 0 unspecified atom stereocenters. The second kappa shape index (κ2) is 13.6. The first kappa shape index (κ1) is 28.0. The Balaban J connectivity index is 1.85. The van der Waals surface area contributed by atoms with Crippen LogP contribution in [-0.2, 0) is 24.6 Å². The van der Waals surface area contributed by atoms with E-state index in [9.17, 15) is 19.2 Å². The topological polar surface area (TPSA) is 86.7 Å². The molecule has 2 aromatic rings. The Morgan fingerprint density at radius 3 is 1.26 bits per heavy atom. The molecule has 0 amide bonds. The van der Waals surface area contributed by atoms with Crippen molar-refractivity contribution < 1.29 is 28.7 Å². The van der Waals surface area contributed by atoms with Crippen LogP contribution in [0.5, 0.6) is 11.5 Å². The minimum atomic E-state index is -0.330. The Labute approximate surface area is 208 Å². The lowest BCUT2D eigenvalue weighted by Crippen LogP contribution is -2.18. The van der Waals surface area contributed by atoms with E-state index in [1.54, 1.807) is 13.8 Å². The van der Waals surface area contributed by atoms with Crippen molar-refractivity contribution in [1.29, 1.82) is 0 Å². The predicted molar refractivity (Wildman–Crippen MR) is 135 cm³/mol. The summed E-state index contributed by atoms with van der Waals surface area (Å²) < 4.78 is 11.4. The van der Waals surface area contributed by atoms with Crippen molar-refractivity contribution in [3.8, 4) is 11.5 Å². The van der Waals surface area contributed by atoms with E-state index in [-0.39, 0.29) is 54.2 Å². The van der Waals surface area contributed by atoms with Crippen LogP contribution in [0.2, 0.25) is 0 Å².